The molecule has 0 bridgehead atoms. The molecule has 0 radical (unpaired) electrons. The van der Waals surface area contributed by atoms with Gasteiger partial charge in [-0.2, -0.15) is 0 Å². The summed E-state index contributed by atoms with van der Waals surface area (Å²) < 4.78 is 5.00. The minimum atomic E-state index is -0.114. The first-order valence-corrected chi connectivity index (χ1v) is 6.74. The average Bonchev–Trinajstić information content (AvgIpc) is 2.28. The van der Waals surface area contributed by atoms with Crippen molar-refractivity contribution in [2.45, 2.75) is 59.0 Å². The minimum Gasteiger partial charge on any atom is -0.466 e. The normalized spacial score (nSPS) is 27.8. The molecule has 17 heavy (non-hydrogen) atoms. The number of hydrazine groups is 1. The molecule has 1 saturated heterocycles. The fourth-order valence-corrected chi connectivity index (χ4v) is 2.34. The molecule has 4 nitrogen and oxygen atoms in total. The Morgan fingerprint density at radius 3 is 2.53 bits per heavy atom. The molecule has 1 fully saturated rings. The number of ether oxygens (including phenoxy) is 1. The number of esters is 1. The van der Waals surface area contributed by atoms with Gasteiger partial charge in [0.25, 0.3) is 0 Å². The highest BCUT2D eigenvalue weighted by molar-refractivity contribution is 5.72. The van der Waals surface area contributed by atoms with Crippen LogP contribution in [0.25, 0.3) is 0 Å². The fraction of sp³-hybridized carbons (Fsp3) is 0.923. The van der Waals surface area contributed by atoms with Crippen molar-refractivity contribution < 1.29 is 9.53 Å². The molecular weight excluding hydrogens is 216 g/mol. The summed E-state index contributed by atoms with van der Waals surface area (Å²) in [6, 6.07) is 1.10. The van der Waals surface area contributed by atoms with Gasteiger partial charge in [0.15, 0.2) is 0 Å². The summed E-state index contributed by atoms with van der Waals surface area (Å²) in [4.78, 5) is 11.5. The van der Waals surface area contributed by atoms with Crippen LogP contribution in [-0.2, 0) is 9.53 Å². The van der Waals surface area contributed by atoms with E-state index in [1.165, 1.54) is 19.3 Å². The van der Waals surface area contributed by atoms with Gasteiger partial charge in [0.05, 0.1) is 12.5 Å². The quantitative estimate of drug-likeness (QED) is 0.748. The Balaban J connectivity index is 2.35. The Bertz CT molecular complexity index is 236. The molecule has 4 heteroatoms. The third kappa shape index (κ3) is 4.28. The molecule has 1 aliphatic heterocycles. The van der Waals surface area contributed by atoms with Gasteiger partial charge in [-0.3, -0.25) is 10.2 Å². The molecule has 1 heterocycles. The highest BCUT2D eigenvalue weighted by Crippen LogP contribution is 2.20. The summed E-state index contributed by atoms with van der Waals surface area (Å²) in [5.41, 5.74) is 3.39. The molecule has 0 aromatic rings. The second-order valence-corrected chi connectivity index (χ2v) is 5.05. The SMILES string of the molecule is CCOC(=O)C(C)CNN1C(C)CCCC1C. The summed E-state index contributed by atoms with van der Waals surface area (Å²) in [6.07, 6.45) is 3.75. The molecule has 3 atom stereocenters. The van der Waals surface area contributed by atoms with Crippen LogP contribution in [-0.4, -0.2) is 36.2 Å². The molecule has 3 unspecified atom stereocenters. The Morgan fingerprint density at radius 2 is 2.00 bits per heavy atom. The molecule has 0 spiro atoms. The highest BCUT2D eigenvalue weighted by atomic mass is 16.5. The summed E-state index contributed by atoms with van der Waals surface area (Å²) in [7, 11) is 0. The zero-order valence-corrected chi connectivity index (χ0v) is 11.5. The van der Waals surface area contributed by atoms with E-state index in [0.717, 1.165) is 0 Å². The van der Waals surface area contributed by atoms with Crippen molar-refractivity contribution in [3.05, 3.63) is 0 Å². The number of carbonyl (C=O) groups is 1. The molecule has 0 aromatic heterocycles. The molecule has 1 rings (SSSR count). The standard InChI is InChI=1S/C13H26N2O2/c1-5-17-13(16)10(2)9-14-15-11(3)7-6-8-12(15)4/h10-12,14H,5-9H2,1-4H3. The van der Waals surface area contributed by atoms with Crippen molar-refractivity contribution in [3.8, 4) is 0 Å². The van der Waals surface area contributed by atoms with Crippen LogP contribution in [0.2, 0.25) is 0 Å². The first-order valence-electron chi connectivity index (χ1n) is 6.74. The van der Waals surface area contributed by atoms with Gasteiger partial charge in [-0.05, 0) is 33.6 Å². The molecular formula is C13H26N2O2. The molecule has 0 amide bonds. The molecule has 0 aliphatic carbocycles. The van der Waals surface area contributed by atoms with E-state index in [-0.39, 0.29) is 11.9 Å². The lowest BCUT2D eigenvalue weighted by atomic mass is 10.00. The largest absolute Gasteiger partial charge is 0.466 e. The minimum absolute atomic E-state index is 0.0868. The summed E-state index contributed by atoms with van der Waals surface area (Å²) in [6.45, 7) is 9.33. The monoisotopic (exact) mass is 242 g/mol. The number of rotatable bonds is 5. The molecule has 1 aliphatic rings. The smallest absolute Gasteiger partial charge is 0.309 e. The van der Waals surface area contributed by atoms with Crippen LogP contribution in [0.15, 0.2) is 0 Å². The van der Waals surface area contributed by atoms with E-state index in [1.54, 1.807) is 0 Å². The van der Waals surface area contributed by atoms with E-state index in [1.807, 2.05) is 13.8 Å². The maximum Gasteiger partial charge on any atom is 0.309 e. The van der Waals surface area contributed by atoms with Gasteiger partial charge < -0.3 is 4.74 Å². The number of hydrogen-bond acceptors (Lipinski definition) is 4. The van der Waals surface area contributed by atoms with Crippen molar-refractivity contribution in [1.29, 1.82) is 0 Å². The number of carbonyl (C=O) groups excluding carboxylic acids is 1. The third-order valence-corrected chi connectivity index (χ3v) is 3.46. The number of piperidine rings is 1. The lowest BCUT2D eigenvalue weighted by molar-refractivity contribution is -0.147. The predicted molar refractivity (Wildman–Crippen MR) is 68.4 cm³/mol. The fourth-order valence-electron chi connectivity index (χ4n) is 2.34. The second-order valence-electron chi connectivity index (χ2n) is 5.05. The number of nitrogens with one attached hydrogen (secondary N) is 1. The zero-order valence-electron chi connectivity index (χ0n) is 11.5. The molecule has 0 saturated carbocycles. The van der Waals surface area contributed by atoms with E-state index < -0.39 is 0 Å². The topological polar surface area (TPSA) is 41.6 Å². The van der Waals surface area contributed by atoms with E-state index in [4.69, 9.17) is 4.74 Å². The Labute approximate surface area is 105 Å². The molecule has 0 aromatic carbocycles. The van der Waals surface area contributed by atoms with Gasteiger partial charge in [0, 0.05) is 18.6 Å². The van der Waals surface area contributed by atoms with Gasteiger partial charge in [0.1, 0.15) is 0 Å². The molecule has 100 valence electrons. The van der Waals surface area contributed by atoms with E-state index in [0.29, 0.717) is 25.2 Å². The first kappa shape index (κ1) is 14.5. The number of nitrogens with zero attached hydrogens (tertiary/aromatic N) is 1. The van der Waals surface area contributed by atoms with Crippen LogP contribution < -0.4 is 5.43 Å². The van der Waals surface area contributed by atoms with E-state index >= 15 is 0 Å². The van der Waals surface area contributed by atoms with Gasteiger partial charge >= 0.3 is 5.97 Å². The summed E-state index contributed by atoms with van der Waals surface area (Å²) in [5, 5.41) is 2.29. The van der Waals surface area contributed by atoms with Gasteiger partial charge in [-0.15, -0.1) is 0 Å². The van der Waals surface area contributed by atoms with Crippen molar-refractivity contribution in [3.63, 3.8) is 0 Å². The molecule has 1 N–H and O–H groups in total. The van der Waals surface area contributed by atoms with Crippen molar-refractivity contribution in [1.82, 2.24) is 10.4 Å². The van der Waals surface area contributed by atoms with Crippen LogP contribution in [0.4, 0.5) is 0 Å². The van der Waals surface area contributed by atoms with Crippen LogP contribution in [0.1, 0.15) is 47.0 Å². The third-order valence-electron chi connectivity index (χ3n) is 3.46. The maximum atomic E-state index is 11.5. The Hall–Kier alpha value is -0.610. The summed E-state index contributed by atoms with van der Waals surface area (Å²) in [5.74, 6) is -0.200. The van der Waals surface area contributed by atoms with Crippen molar-refractivity contribution >= 4 is 5.97 Å². The average molecular weight is 242 g/mol. The lowest BCUT2D eigenvalue weighted by Crippen LogP contribution is -2.53. The van der Waals surface area contributed by atoms with Gasteiger partial charge in [0.2, 0.25) is 0 Å². The Kier molecular flexibility index (Phi) is 5.92. The first-order chi connectivity index (χ1) is 8.06. The zero-order chi connectivity index (χ0) is 12.8. The van der Waals surface area contributed by atoms with Crippen molar-refractivity contribution in [2.24, 2.45) is 5.92 Å². The lowest BCUT2D eigenvalue weighted by Gasteiger charge is -2.39. The van der Waals surface area contributed by atoms with Crippen LogP contribution >= 0.6 is 0 Å². The highest BCUT2D eigenvalue weighted by Gasteiger charge is 2.25. The van der Waals surface area contributed by atoms with E-state index in [2.05, 4.69) is 24.3 Å². The second kappa shape index (κ2) is 6.97. The maximum absolute atomic E-state index is 11.5. The van der Waals surface area contributed by atoms with Gasteiger partial charge in [-0.25, -0.2) is 5.01 Å². The summed E-state index contributed by atoms with van der Waals surface area (Å²) >= 11 is 0. The predicted octanol–water partition coefficient (Wildman–Crippen LogP) is 1.95. The Morgan fingerprint density at radius 1 is 1.41 bits per heavy atom. The van der Waals surface area contributed by atoms with Gasteiger partial charge in [-0.1, -0.05) is 13.3 Å². The van der Waals surface area contributed by atoms with Crippen LogP contribution in [0.3, 0.4) is 0 Å². The van der Waals surface area contributed by atoms with Crippen LogP contribution in [0, 0.1) is 5.92 Å². The van der Waals surface area contributed by atoms with Crippen LogP contribution in [0.5, 0.6) is 0 Å². The van der Waals surface area contributed by atoms with E-state index in [9.17, 15) is 4.79 Å². The number of hydrogen-bond donors (Lipinski definition) is 1. The van der Waals surface area contributed by atoms with Crippen molar-refractivity contribution in [2.75, 3.05) is 13.2 Å².